The number of hydrogen-bond acceptors (Lipinski definition) is 6. The molecule has 2 heterocycles. The molecule has 0 aliphatic heterocycles. The highest BCUT2D eigenvalue weighted by atomic mass is 16.2. The van der Waals surface area contributed by atoms with Crippen LogP contribution in [0, 0.1) is 0 Å². The summed E-state index contributed by atoms with van der Waals surface area (Å²) in [6, 6.07) is 7.35. The molecule has 190 valence electrons. The third-order valence-electron chi connectivity index (χ3n) is 5.63. The molecule has 0 saturated heterocycles. The van der Waals surface area contributed by atoms with Gasteiger partial charge < -0.3 is 27.1 Å². The highest BCUT2D eigenvalue weighted by molar-refractivity contribution is 5.92. The van der Waals surface area contributed by atoms with Crippen LogP contribution in [0.3, 0.4) is 0 Å². The molecule has 0 bridgehead atoms. The lowest BCUT2D eigenvalue weighted by Crippen LogP contribution is -2.58. The zero-order valence-electron chi connectivity index (χ0n) is 19.8. The van der Waals surface area contributed by atoms with Crippen LogP contribution in [-0.4, -0.2) is 51.8 Å². The standard InChI is InChI=1S/C24H30N8O4/c1-2-18(30-24(36)32-31-22(34)17(25)11-14-7-9-27-10-8-14)23(35)29-20(21(26)33)12-15-13-28-19-6-4-3-5-16(15)19/h3-10,13,17-18,20,28H,2,11-12,25H2,1H3,(H2,26,33)(H,29,35)(H,31,34)(H2,30,32,36)/t17-,18-,20-/m0/s1. The van der Waals surface area contributed by atoms with Gasteiger partial charge in [-0.05, 0) is 42.2 Å². The van der Waals surface area contributed by atoms with E-state index in [1.54, 1.807) is 37.6 Å². The molecular formula is C24H30N8O4. The van der Waals surface area contributed by atoms with Crippen LogP contribution in [0.2, 0.25) is 0 Å². The number of carbonyl (C=O) groups is 4. The van der Waals surface area contributed by atoms with Gasteiger partial charge in [0.25, 0.3) is 5.91 Å². The number of amides is 5. The summed E-state index contributed by atoms with van der Waals surface area (Å²) in [5.41, 5.74) is 18.3. The van der Waals surface area contributed by atoms with Gasteiger partial charge in [0.2, 0.25) is 11.8 Å². The first kappa shape index (κ1) is 26.2. The van der Waals surface area contributed by atoms with Gasteiger partial charge in [0.05, 0.1) is 6.04 Å². The number of hydrazine groups is 1. The zero-order valence-corrected chi connectivity index (χ0v) is 19.8. The second-order valence-corrected chi connectivity index (χ2v) is 8.24. The Kier molecular flexibility index (Phi) is 8.95. The topological polar surface area (TPSA) is 197 Å². The number of rotatable bonds is 10. The molecule has 36 heavy (non-hydrogen) atoms. The fourth-order valence-corrected chi connectivity index (χ4v) is 3.64. The van der Waals surface area contributed by atoms with E-state index in [-0.39, 0.29) is 19.3 Å². The Hall–Kier alpha value is -4.45. The molecule has 5 amide bonds. The number of para-hydroxylation sites is 1. The van der Waals surface area contributed by atoms with Crippen molar-refractivity contribution >= 4 is 34.7 Å². The second-order valence-electron chi connectivity index (χ2n) is 8.24. The van der Waals surface area contributed by atoms with Crippen molar-refractivity contribution in [2.24, 2.45) is 11.5 Å². The van der Waals surface area contributed by atoms with Crippen LogP contribution < -0.4 is 33.0 Å². The van der Waals surface area contributed by atoms with Gasteiger partial charge in [-0.15, -0.1) is 0 Å². The first-order valence-electron chi connectivity index (χ1n) is 11.4. The molecule has 1 aromatic carbocycles. The first-order chi connectivity index (χ1) is 17.3. The molecule has 0 spiro atoms. The van der Waals surface area contributed by atoms with E-state index >= 15 is 0 Å². The van der Waals surface area contributed by atoms with Crippen LogP contribution >= 0.6 is 0 Å². The van der Waals surface area contributed by atoms with Crippen molar-refractivity contribution in [3.63, 3.8) is 0 Å². The maximum absolute atomic E-state index is 12.8. The SMILES string of the molecule is CC[C@H](NC(=O)NNC(=O)[C@@H](N)Cc1ccncc1)C(=O)N[C@@H](Cc1c[nH]c2ccccc12)C(N)=O. The smallest absolute Gasteiger partial charge is 0.334 e. The molecule has 9 N–H and O–H groups in total. The van der Waals surface area contributed by atoms with E-state index in [0.29, 0.717) is 0 Å². The molecule has 3 rings (SSSR count). The lowest BCUT2D eigenvalue weighted by molar-refractivity contribution is -0.128. The van der Waals surface area contributed by atoms with Crippen LogP contribution in [0.25, 0.3) is 10.9 Å². The van der Waals surface area contributed by atoms with Gasteiger partial charge in [-0.3, -0.25) is 24.8 Å². The molecule has 0 saturated carbocycles. The maximum Gasteiger partial charge on any atom is 0.334 e. The van der Waals surface area contributed by atoms with Gasteiger partial charge >= 0.3 is 6.03 Å². The molecule has 3 atom stereocenters. The van der Waals surface area contributed by atoms with Crippen molar-refractivity contribution in [3.05, 3.63) is 66.1 Å². The predicted molar refractivity (Wildman–Crippen MR) is 133 cm³/mol. The average molecular weight is 495 g/mol. The predicted octanol–water partition coefficient (Wildman–Crippen LogP) is -0.245. The molecule has 0 unspecified atom stereocenters. The van der Waals surface area contributed by atoms with Crippen molar-refractivity contribution in [1.29, 1.82) is 0 Å². The van der Waals surface area contributed by atoms with Crippen molar-refractivity contribution in [2.75, 3.05) is 0 Å². The lowest BCUT2D eigenvalue weighted by Gasteiger charge is -2.21. The Morgan fingerprint density at radius 2 is 1.67 bits per heavy atom. The Balaban J connectivity index is 1.51. The largest absolute Gasteiger partial charge is 0.368 e. The van der Waals surface area contributed by atoms with Crippen LogP contribution in [0.1, 0.15) is 24.5 Å². The van der Waals surface area contributed by atoms with Gasteiger partial charge in [0.1, 0.15) is 12.1 Å². The van der Waals surface area contributed by atoms with E-state index in [4.69, 9.17) is 11.5 Å². The number of fused-ring (bicyclic) bond motifs is 1. The normalized spacial score (nSPS) is 13.3. The zero-order chi connectivity index (χ0) is 26.1. The van der Waals surface area contributed by atoms with Crippen LogP contribution in [0.5, 0.6) is 0 Å². The number of carbonyl (C=O) groups excluding carboxylic acids is 4. The number of pyridine rings is 1. The van der Waals surface area contributed by atoms with E-state index in [0.717, 1.165) is 22.0 Å². The molecular weight excluding hydrogens is 464 g/mol. The summed E-state index contributed by atoms with van der Waals surface area (Å²) in [7, 11) is 0. The summed E-state index contributed by atoms with van der Waals surface area (Å²) in [6.07, 6.45) is 5.60. The van der Waals surface area contributed by atoms with E-state index in [9.17, 15) is 19.2 Å². The summed E-state index contributed by atoms with van der Waals surface area (Å²) in [4.78, 5) is 56.3. The number of H-pyrrole nitrogens is 1. The van der Waals surface area contributed by atoms with Crippen molar-refractivity contribution in [2.45, 2.75) is 44.3 Å². The van der Waals surface area contributed by atoms with Gasteiger partial charge in [-0.1, -0.05) is 25.1 Å². The highest BCUT2D eigenvalue weighted by Crippen LogP contribution is 2.19. The summed E-state index contributed by atoms with van der Waals surface area (Å²) >= 11 is 0. The summed E-state index contributed by atoms with van der Waals surface area (Å²) in [6.45, 7) is 1.69. The number of urea groups is 1. The minimum absolute atomic E-state index is 0.180. The average Bonchev–Trinajstić information content (AvgIpc) is 3.28. The number of nitrogens with zero attached hydrogens (tertiary/aromatic N) is 1. The van der Waals surface area contributed by atoms with Crippen molar-refractivity contribution < 1.29 is 19.2 Å². The fourth-order valence-electron chi connectivity index (χ4n) is 3.64. The molecule has 3 aromatic rings. The summed E-state index contributed by atoms with van der Waals surface area (Å²) in [5.74, 6) is -1.90. The number of hydrogen-bond donors (Lipinski definition) is 7. The molecule has 0 radical (unpaired) electrons. The highest BCUT2D eigenvalue weighted by Gasteiger charge is 2.26. The Morgan fingerprint density at radius 3 is 2.36 bits per heavy atom. The third-order valence-corrected chi connectivity index (χ3v) is 5.63. The minimum Gasteiger partial charge on any atom is -0.368 e. The van der Waals surface area contributed by atoms with E-state index in [1.807, 2.05) is 24.3 Å². The van der Waals surface area contributed by atoms with Crippen molar-refractivity contribution in [3.8, 4) is 0 Å². The molecule has 12 nitrogen and oxygen atoms in total. The van der Waals surface area contributed by atoms with Gasteiger partial charge in [-0.25, -0.2) is 10.2 Å². The quantitative estimate of drug-likeness (QED) is 0.190. The van der Waals surface area contributed by atoms with Crippen LogP contribution in [0.15, 0.2) is 55.0 Å². The van der Waals surface area contributed by atoms with Crippen LogP contribution in [0.4, 0.5) is 4.79 Å². The van der Waals surface area contributed by atoms with Crippen LogP contribution in [-0.2, 0) is 27.2 Å². The number of nitrogens with two attached hydrogens (primary N) is 2. The number of aromatic amines is 1. The molecule has 12 heteroatoms. The lowest BCUT2D eigenvalue weighted by atomic mass is 10.0. The Labute approximate surface area is 207 Å². The van der Waals surface area contributed by atoms with E-state index in [2.05, 4.69) is 31.5 Å². The Morgan fingerprint density at radius 1 is 0.944 bits per heavy atom. The van der Waals surface area contributed by atoms with Gasteiger partial charge in [0, 0.05) is 35.9 Å². The third kappa shape index (κ3) is 7.03. The second kappa shape index (κ2) is 12.3. The molecule has 0 aliphatic carbocycles. The first-order valence-corrected chi connectivity index (χ1v) is 11.4. The number of nitrogens with one attached hydrogen (secondary N) is 5. The van der Waals surface area contributed by atoms with Gasteiger partial charge in [-0.2, -0.15) is 0 Å². The van der Waals surface area contributed by atoms with E-state index < -0.39 is 41.9 Å². The van der Waals surface area contributed by atoms with E-state index in [1.165, 1.54) is 0 Å². The Bertz CT molecular complexity index is 1210. The van der Waals surface area contributed by atoms with Crippen molar-refractivity contribution in [1.82, 2.24) is 31.5 Å². The molecule has 2 aromatic heterocycles. The fraction of sp³-hybridized carbons (Fsp3) is 0.292. The summed E-state index contributed by atoms with van der Waals surface area (Å²) < 4.78 is 0. The number of primary amides is 1. The number of benzene rings is 1. The monoisotopic (exact) mass is 494 g/mol. The summed E-state index contributed by atoms with van der Waals surface area (Å²) in [5, 5.41) is 5.98. The van der Waals surface area contributed by atoms with Gasteiger partial charge in [0.15, 0.2) is 0 Å². The molecule has 0 fully saturated rings. The number of aromatic nitrogens is 2. The maximum atomic E-state index is 12.8. The minimum atomic E-state index is -0.985. The molecule has 0 aliphatic rings.